The van der Waals surface area contributed by atoms with Crippen LogP contribution in [0.25, 0.3) is 0 Å². The Morgan fingerprint density at radius 2 is 2.22 bits per heavy atom. The number of rotatable bonds is 3. The van der Waals surface area contributed by atoms with E-state index in [1.165, 1.54) is 24.0 Å². The Labute approximate surface area is 108 Å². The predicted octanol–water partition coefficient (Wildman–Crippen LogP) is 1.74. The van der Waals surface area contributed by atoms with Gasteiger partial charge in [0, 0.05) is 24.6 Å². The molecule has 0 bridgehead atoms. The van der Waals surface area contributed by atoms with Gasteiger partial charge in [-0.05, 0) is 36.5 Å². The molecule has 0 spiro atoms. The summed E-state index contributed by atoms with van der Waals surface area (Å²) in [4.78, 5) is 12.2. The lowest BCUT2D eigenvalue weighted by atomic mass is 9.99. The number of fused-ring (bicyclic) bond motifs is 1. The van der Waals surface area contributed by atoms with Crippen molar-refractivity contribution in [2.24, 2.45) is 0 Å². The molecule has 1 N–H and O–H groups in total. The molecule has 1 saturated heterocycles. The molecular formula is C15H19NO2. The normalized spacial score (nSPS) is 22.8. The zero-order valence-corrected chi connectivity index (χ0v) is 10.6. The second-order valence-corrected chi connectivity index (χ2v) is 5.19. The van der Waals surface area contributed by atoms with Crippen LogP contribution < -0.4 is 5.32 Å². The third kappa shape index (κ3) is 2.47. The van der Waals surface area contributed by atoms with Crippen molar-refractivity contribution in [1.29, 1.82) is 0 Å². The quantitative estimate of drug-likeness (QED) is 0.824. The Morgan fingerprint density at radius 1 is 1.33 bits per heavy atom. The molecular weight excluding hydrogens is 226 g/mol. The highest BCUT2D eigenvalue weighted by Gasteiger charge is 2.19. The average molecular weight is 245 g/mol. The fraction of sp³-hybridized carbons (Fsp3) is 0.533. The molecule has 1 aliphatic carbocycles. The summed E-state index contributed by atoms with van der Waals surface area (Å²) in [7, 11) is 0. The highest BCUT2D eigenvalue weighted by molar-refractivity contribution is 5.96. The first-order chi connectivity index (χ1) is 8.83. The van der Waals surface area contributed by atoms with Crippen LogP contribution in [0.5, 0.6) is 0 Å². The minimum Gasteiger partial charge on any atom is -0.378 e. The van der Waals surface area contributed by atoms with Crippen molar-refractivity contribution in [2.45, 2.75) is 31.7 Å². The minimum atomic E-state index is 0.180. The van der Waals surface area contributed by atoms with E-state index in [2.05, 4.69) is 17.4 Å². The van der Waals surface area contributed by atoms with Crippen molar-refractivity contribution >= 4 is 5.78 Å². The Morgan fingerprint density at radius 3 is 3.06 bits per heavy atom. The van der Waals surface area contributed by atoms with Gasteiger partial charge in [0.2, 0.25) is 0 Å². The highest BCUT2D eigenvalue weighted by atomic mass is 16.5. The third-order valence-corrected chi connectivity index (χ3v) is 3.85. The number of benzene rings is 1. The van der Waals surface area contributed by atoms with Crippen molar-refractivity contribution in [3.05, 3.63) is 34.9 Å². The maximum atomic E-state index is 12.2. The number of hydrogen-bond donors (Lipinski definition) is 1. The molecule has 3 nitrogen and oxygen atoms in total. The van der Waals surface area contributed by atoms with Crippen molar-refractivity contribution in [3.63, 3.8) is 0 Å². The van der Waals surface area contributed by atoms with E-state index in [1.807, 2.05) is 6.07 Å². The molecule has 1 fully saturated rings. The van der Waals surface area contributed by atoms with Gasteiger partial charge in [-0.2, -0.15) is 0 Å². The van der Waals surface area contributed by atoms with Crippen LogP contribution >= 0.6 is 0 Å². The average Bonchev–Trinajstić information content (AvgIpc) is 2.87. The monoisotopic (exact) mass is 245 g/mol. The summed E-state index contributed by atoms with van der Waals surface area (Å²) >= 11 is 0. The first-order valence-electron chi connectivity index (χ1n) is 6.79. The van der Waals surface area contributed by atoms with Gasteiger partial charge in [-0.15, -0.1) is 0 Å². The summed E-state index contributed by atoms with van der Waals surface area (Å²) in [5, 5.41) is 3.33. The van der Waals surface area contributed by atoms with Gasteiger partial charge in [0.25, 0.3) is 0 Å². The SMILES string of the molecule is O=C(CC1COCCN1)c1ccc2c(c1)CCC2. The number of carbonyl (C=O) groups is 1. The molecule has 18 heavy (non-hydrogen) atoms. The van der Waals surface area contributed by atoms with Crippen LogP contribution in [0.1, 0.15) is 34.3 Å². The maximum absolute atomic E-state index is 12.2. The molecule has 3 rings (SSSR count). The van der Waals surface area contributed by atoms with Gasteiger partial charge < -0.3 is 10.1 Å². The fourth-order valence-electron chi connectivity index (χ4n) is 2.84. The van der Waals surface area contributed by atoms with E-state index in [0.29, 0.717) is 13.0 Å². The van der Waals surface area contributed by atoms with Gasteiger partial charge in [0.1, 0.15) is 0 Å². The van der Waals surface area contributed by atoms with Gasteiger partial charge in [0.05, 0.1) is 13.2 Å². The summed E-state index contributed by atoms with van der Waals surface area (Å²) < 4.78 is 5.38. The third-order valence-electron chi connectivity index (χ3n) is 3.85. The minimum absolute atomic E-state index is 0.180. The van der Waals surface area contributed by atoms with Gasteiger partial charge in [-0.1, -0.05) is 12.1 Å². The molecule has 3 heteroatoms. The van der Waals surface area contributed by atoms with Crippen molar-refractivity contribution in [2.75, 3.05) is 19.8 Å². The van der Waals surface area contributed by atoms with Crippen LogP contribution in [-0.4, -0.2) is 31.6 Å². The van der Waals surface area contributed by atoms with E-state index in [-0.39, 0.29) is 11.8 Å². The summed E-state index contributed by atoms with van der Waals surface area (Å²) in [5.74, 6) is 0.229. The maximum Gasteiger partial charge on any atom is 0.164 e. The topological polar surface area (TPSA) is 38.3 Å². The number of morpholine rings is 1. The molecule has 0 radical (unpaired) electrons. The van der Waals surface area contributed by atoms with Gasteiger partial charge >= 0.3 is 0 Å². The lowest BCUT2D eigenvalue weighted by molar-refractivity contribution is 0.0676. The molecule has 1 aliphatic heterocycles. The number of aryl methyl sites for hydroxylation is 2. The molecule has 1 atom stereocenters. The molecule has 0 aromatic heterocycles. The first-order valence-corrected chi connectivity index (χ1v) is 6.79. The van der Waals surface area contributed by atoms with E-state index in [0.717, 1.165) is 25.1 Å². The zero-order chi connectivity index (χ0) is 12.4. The van der Waals surface area contributed by atoms with Gasteiger partial charge in [0.15, 0.2) is 5.78 Å². The summed E-state index contributed by atoms with van der Waals surface area (Å²) in [6.07, 6.45) is 4.06. The van der Waals surface area contributed by atoms with E-state index < -0.39 is 0 Å². The van der Waals surface area contributed by atoms with Crippen molar-refractivity contribution in [1.82, 2.24) is 5.32 Å². The lowest BCUT2D eigenvalue weighted by Crippen LogP contribution is -2.42. The van der Waals surface area contributed by atoms with E-state index >= 15 is 0 Å². The van der Waals surface area contributed by atoms with Crippen LogP contribution in [0, 0.1) is 0 Å². The number of hydrogen-bond acceptors (Lipinski definition) is 3. The Kier molecular flexibility index (Phi) is 3.43. The molecule has 0 saturated carbocycles. The molecule has 1 aromatic rings. The number of Topliss-reactive ketones (excluding diaryl/α,β-unsaturated/α-hetero) is 1. The van der Waals surface area contributed by atoms with Crippen LogP contribution in [0.3, 0.4) is 0 Å². The summed E-state index contributed by atoms with van der Waals surface area (Å²) in [5.41, 5.74) is 3.66. The molecule has 1 unspecified atom stereocenters. The predicted molar refractivity (Wildman–Crippen MR) is 70.0 cm³/mol. The second kappa shape index (κ2) is 5.21. The number of ketones is 1. The van der Waals surface area contributed by atoms with Gasteiger partial charge in [-0.3, -0.25) is 4.79 Å². The second-order valence-electron chi connectivity index (χ2n) is 5.19. The Balaban J connectivity index is 1.68. The van der Waals surface area contributed by atoms with Crippen LogP contribution in [0.2, 0.25) is 0 Å². The highest BCUT2D eigenvalue weighted by Crippen LogP contribution is 2.23. The number of ether oxygens (including phenoxy) is 1. The van der Waals surface area contributed by atoms with Crippen LogP contribution in [-0.2, 0) is 17.6 Å². The van der Waals surface area contributed by atoms with Crippen LogP contribution in [0.15, 0.2) is 18.2 Å². The fourth-order valence-corrected chi connectivity index (χ4v) is 2.84. The first kappa shape index (κ1) is 11.9. The standard InChI is InChI=1S/C15H19NO2/c17-15(9-14-10-18-7-6-16-14)13-5-4-11-2-1-3-12(11)8-13/h4-5,8,14,16H,1-3,6-7,9-10H2. The Bertz CT molecular complexity index is 450. The largest absolute Gasteiger partial charge is 0.378 e. The van der Waals surface area contributed by atoms with Gasteiger partial charge in [-0.25, -0.2) is 0 Å². The molecule has 1 heterocycles. The molecule has 96 valence electrons. The van der Waals surface area contributed by atoms with Crippen molar-refractivity contribution in [3.8, 4) is 0 Å². The van der Waals surface area contributed by atoms with Crippen molar-refractivity contribution < 1.29 is 9.53 Å². The smallest absolute Gasteiger partial charge is 0.164 e. The molecule has 1 aromatic carbocycles. The van der Waals surface area contributed by atoms with Crippen LogP contribution in [0.4, 0.5) is 0 Å². The number of carbonyl (C=O) groups excluding carboxylic acids is 1. The number of nitrogens with one attached hydrogen (secondary N) is 1. The van der Waals surface area contributed by atoms with E-state index in [9.17, 15) is 4.79 Å². The summed E-state index contributed by atoms with van der Waals surface area (Å²) in [6, 6.07) is 6.38. The lowest BCUT2D eigenvalue weighted by Gasteiger charge is -2.23. The van der Waals surface area contributed by atoms with E-state index in [1.54, 1.807) is 0 Å². The molecule has 0 amide bonds. The van der Waals surface area contributed by atoms with E-state index in [4.69, 9.17) is 4.74 Å². The molecule has 2 aliphatic rings. The zero-order valence-electron chi connectivity index (χ0n) is 10.6. The Hall–Kier alpha value is -1.19. The summed E-state index contributed by atoms with van der Waals surface area (Å²) in [6.45, 7) is 2.25.